The van der Waals surface area contributed by atoms with Gasteiger partial charge in [-0.3, -0.25) is 13.9 Å². The highest BCUT2D eigenvalue weighted by Gasteiger charge is 2.16. The predicted octanol–water partition coefficient (Wildman–Crippen LogP) is 2.14. The lowest BCUT2D eigenvalue weighted by atomic mass is 10.2. The Morgan fingerprint density at radius 3 is 2.38 bits per heavy atom. The van der Waals surface area contributed by atoms with Crippen molar-refractivity contribution < 1.29 is 9.18 Å². The number of amides is 1. The van der Waals surface area contributed by atoms with E-state index in [2.05, 4.69) is 0 Å². The number of imidazole rings is 1. The molecule has 0 atom stereocenters. The Bertz CT molecular complexity index is 941. The van der Waals surface area contributed by atoms with Crippen molar-refractivity contribution in [3.05, 3.63) is 70.4 Å². The summed E-state index contributed by atoms with van der Waals surface area (Å²) < 4.78 is 15.9. The van der Waals surface area contributed by atoms with Crippen molar-refractivity contribution in [3.63, 3.8) is 0 Å². The maximum Gasteiger partial charge on any atom is 0.329 e. The van der Waals surface area contributed by atoms with E-state index in [0.717, 1.165) is 16.6 Å². The number of halogens is 1. The Labute approximate surface area is 138 Å². The molecule has 1 aromatic heterocycles. The van der Waals surface area contributed by atoms with E-state index in [9.17, 15) is 14.0 Å². The fourth-order valence-corrected chi connectivity index (χ4v) is 2.72. The number of nitrogens with zero attached hydrogens (tertiary/aromatic N) is 3. The largest absolute Gasteiger partial charge is 0.340 e. The number of para-hydroxylation sites is 2. The van der Waals surface area contributed by atoms with Crippen LogP contribution in [0.2, 0.25) is 0 Å². The van der Waals surface area contributed by atoms with Crippen LogP contribution >= 0.6 is 0 Å². The van der Waals surface area contributed by atoms with E-state index in [1.807, 2.05) is 24.3 Å². The van der Waals surface area contributed by atoms with Gasteiger partial charge in [0.1, 0.15) is 12.4 Å². The summed E-state index contributed by atoms with van der Waals surface area (Å²) >= 11 is 0. The van der Waals surface area contributed by atoms with E-state index in [4.69, 9.17) is 0 Å². The molecule has 0 radical (unpaired) electrons. The number of aromatic nitrogens is 2. The van der Waals surface area contributed by atoms with E-state index in [0.29, 0.717) is 6.54 Å². The first-order valence-electron chi connectivity index (χ1n) is 7.60. The summed E-state index contributed by atoms with van der Waals surface area (Å²) in [5.74, 6) is -0.493. The Hall–Kier alpha value is -2.89. The van der Waals surface area contributed by atoms with Crippen molar-refractivity contribution in [2.24, 2.45) is 7.05 Å². The van der Waals surface area contributed by atoms with Crippen LogP contribution in [0.5, 0.6) is 0 Å². The van der Waals surface area contributed by atoms with Crippen molar-refractivity contribution in [1.29, 1.82) is 0 Å². The maximum absolute atomic E-state index is 12.9. The Kier molecular flexibility index (Phi) is 4.20. The number of hydrogen-bond acceptors (Lipinski definition) is 2. The zero-order chi connectivity index (χ0) is 17.3. The second-order valence-electron chi connectivity index (χ2n) is 5.79. The van der Waals surface area contributed by atoms with Crippen LogP contribution in [0.1, 0.15) is 5.56 Å². The van der Waals surface area contributed by atoms with Crippen LogP contribution in [-0.4, -0.2) is 27.0 Å². The SMILES string of the molecule is CN(Cc1ccc(F)cc1)C(=O)Cn1c(=O)n(C)c2ccccc21. The van der Waals surface area contributed by atoms with Crippen LogP contribution in [0.3, 0.4) is 0 Å². The molecule has 3 rings (SSSR count). The lowest BCUT2D eigenvalue weighted by Gasteiger charge is -2.17. The van der Waals surface area contributed by atoms with Crippen molar-refractivity contribution in [3.8, 4) is 0 Å². The maximum atomic E-state index is 12.9. The first kappa shape index (κ1) is 16.0. The lowest BCUT2D eigenvalue weighted by Crippen LogP contribution is -2.33. The molecule has 2 aromatic carbocycles. The average Bonchev–Trinajstić information content (AvgIpc) is 2.82. The number of carbonyl (C=O) groups is 1. The van der Waals surface area contributed by atoms with E-state index in [1.165, 1.54) is 26.2 Å². The van der Waals surface area contributed by atoms with E-state index in [1.54, 1.807) is 26.2 Å². The van der Waals surface area contributed by atoms with Gasteiger partial charge in [-0.15, -0.1) is 0 Å². The summed E-state index contributed by atoms with van der Waals surface area (Å²) in [5.41, 5.74) is 2.13. The zero-order valence-electron chi connectivity index (χ0n) is 13.6. The third-order valence-electron chi connectivity index (χ3n) is 4.10. The molecule has 1 amide bonds. The second kappa shape index (κ2) is 6.31. The van der Waals surface area contributed by atoms with E-state index in [-0.39, 0.29) is 24.0 Å². The first-order chi connectivity index (χ1) is 11.5. The number of hydrogen-bond donors (Lipinski definition) is 0. The standard InChI is InChI=1S/C18H18FN3O2/c1-20(11-13-7-9-14(19)10-8-13)17(23)12-22-16-6-4-3-5-15(16)21(2)18(22)24/h3-10H,11-12H2,1-2H3. The van der Waals surface area contributed by atoms with Crippen LogP contribution < -0.4 is 5.69 Å². The monoisotopic (exact) mass is 327 g/mol. The molecule has 0 unspecified atom stereocenters. The van der Waals surface area contributed by atoms with Gasteiger partial charge in [0.15, 0.2) is 0 Å². The number of aryl methyl sites for hydroxylation is 1. The molecule has 124 valence electrons. The van der Waals surface area contributed by atoms with Gasteiger partial charge in [-0.05, 0) is 29.8 Å². The molecule has 0 fully saturated rings. The fourth-order valence-electron chi connectivity index (χ4n) is 2.72. The van der Waals surface area contributed by atoms with Gasteiger partial charge in [-0.25, -0.2) is 9.18 Å². The van der Waals surface area contributed by atoms with Crippen molar-refractivity contribution in [2.75, 3.05) is 7.05 Å². The molecule has 1 heterocycles. The molecule has 0 aliphatic heterocycles. The normalized spacial score (nSPS) is 11.0. The van der Waals surface area contributed by atoms with Crippen molar-refractivity contribution in [2.45, 2.75) is 13.1 Å². The topological polar surface area (TPSA) is 47.2 Å². The number of fused-ring (bicyclic) bond motifs is 1. The molecule has 0 aliphatic carbocycles. The molecule has 5 nitrogen and oxygen atoms in total. The highest BCUT2D eigenvalue weighted by atomic mass is 19.1. The van der Waals surface area contributed by atoms with E-state index >= 15 is 0 Å². The van der Waals surface area contributed by atoms with Gasteiger partial charge >= 0.3 is 5.69 Å². The summed E-state index contributed by atoms with van der Waals surface area (Å²) in [6.07, 6.45) is 0. The van der Waals surface area contributed by atoms with Crippen molar-refractivity contribution >= 4 is 16.9 Å². The minimum Gasteiger partial charge on any atom is -0.340 e. The van der Waals surface area contributed by atoms with Gasteiger partial charge in [0.2, 0.25) is 5.91 Å². The molecule has 0 saturated heterocycles. The summed E-state index contributed by atoms with van der Waals surface area (Å²) in [4.78, 5) is 26.4. The smallest absolute Gasteiger partial charge is 0.329 e. The first-order valence-corrected chi connectivity index (χ1v) is 7.60. The molecule has 6 heteroatoms. The van der Waals surface area contributed by atoms with Crippen LogP contribution in [0.4, 0.5) is 4.39 Å². The molecule has 0 saturated carbocycles. The highest BCUT2D eigenvalue weighted by molar-refractivity contribution is 5.80. The fraction of sp³-hybridized carbons (Fsp3) is 0.222. The molecule has 3 aromatic rings. The summed E-state index contributed by atoms with van der Waals surface area (Å²) in [6.45, 7) is 0.330. The van der Waals surface area contributed by atoms with Gasteiger partial charge in [0, 0.05) is 20.6 Å². The molecule has 24 heavy (non-hydrogen) atoms. The van der Waals surface area contributed by atoms with Crippen molar-refractivity contribution in [1.82, 2.24) is 14.0 Å². The van der Waals surface area contributed by atoms with E-state index < -0.39 is 0 Å². The summed E-state index contributed by atoms with van der Waals surface area (Å²) in [5, 5.41) is 0. The van der Waals surface area contributed by atoms with Crippen LogP contribution in [0, 0.1) is 5.82 Å². The minimum absolute atomic E-state index is 0.0299. The number of rotatable bonds is 4. The Morgan fingerprint density at radius 2 is 1.71 bits per heavy atom. The van der Waals surface area contributed by atoms with Gasteiger partial charge in [0.05, 0.1) is 11.0 Å². The number of carbonyl (C=O) groups excluding carboxylic acids is 1. The molecular formula is C18H18FN3O2. The minimum atomic E-state index is -0.310. The Morgan fingerprint density at radius 1 is 1.08 bits per heavy atom. The van der Waals surface area contributed by atoms with Gasteiger partial charge in [-0.2, -0.15) is 0 Å². The molecule has 0 spiro atoms. The molecule has 0 aliphatic rings. The predicted molar refractivity (Wildman–Crippen MR) is 90.1 cm³/mol. The molecule has 0 bridgehead atoms. The molecule has 0 N–H and O–H groups in total. The quantitative estimate of drug-likeness (QED) is 0.737. The third-order valence-corrected chi connectivity index (χ3v) is 4.10. The summed E-state index contributed by atoms with van der Waals surface area (Å²) in [6, 6.07) is 13.4. The lowest BCUT2D eigenvalue weighted by molar-refractivity contribution is -0.131. The zero-order valence-corrected chi connectivity index (χ0v) is 13.6. The third kappa shape index (κ3) is 2.95. The number of benzene rings is 2. The van der Waals surface area contributed by atoms with Gasteiger partial charge < -0.3 is 4.90 Å². The van der Waals surface area contributed by atoms with Crippen LogP contribution in [0.15, 0.2) is 53.3 Å². The van der Waals surface area contributed by atoms with Gasteiger partial charge in [-0.1, -0.05) is 24.3 Å². The summed E-state index contributed by atoms with van der Waals surface area (Å²) in [7, 11) is 3.36. The molecular weight excluding hydrogens is 309 g/mol. The number of likely N-dealkylation sites (N-methyl/N-ethyl adjacent to an activating group) is 1. The van der Waals surface area contributed by atoms with Gasteiger partial charge in [0.25, 0.3) is 0 Å². The second-order valence-corrected chi connectivity index (χ2v) is 5.79. The highest BCUT2D eigenvalue weighted by Crippen LogP contribution is 2.12. The average molecular weight is 327 g/mol. The van der Waals surface area contributed by atoms with Crippen LogP contribution in [-0.2, 0) is 24.9 Å². The van der Waals surface area contributed by atoms with Crippen LogP contribution in [0.25, 0.3) is 11.0 Å². The Balaban J connectivity index is 1.81.